The number of ether oxygens (including phenoxy) is 1. The van der Waals surface area contributed by atoms with Crippen molar-refractivity contribution < 1.29 is 4.74 Å². The van der Waals surface area contributed by atoms with E-state index in [1.807, 2.05) is 0 Å². The molecule has 0 spiro atoms. The first kappa shape index (κ1) is 12.0. The molecule has 1 aliphatic rings. The molecule has 2 unspecified atom stereocenters. The molecule has 1 aliphatic heterocycles. The Hall–Kier alpha value is -0.120. The van der Waals surface area contributed by atoms with Crippen LogP contribution >= 0.6 is 0 Å². The molecule has 2 atom stereocenters. The summed E-state index contributed by atoms with van der Waals surface area (Å²) < 4.78 is 5.47. The largest absolute Gasteiger partial charge is 0.381 e. The molecule has 84 valence electrons. The SMILES string of the molecule is CCCN(CC)CC1COCCC1N. The Kier molecular flexibility index (Phi) is 5.45. The smallest absolute Gasteiger partial charge is 0.0521 e. The molecular formula is C11H24N2O. The molecular weight excluding hydrogens is 176 g/mol. The van der Waals surface area contributed by atoms with Gasteiger partial charge in [-0.25, -0.2) is 0 Å². The van der Waals surface area contributed by atoms with Crippen LogP contribution in [0.15, 0.2) is 0 Å². The number of hydrogen-bond acceptors (Lipinski definition) is 3. The summed E-state index contributed by atoms with van der Waals surface area (Å²) in [5, 5.41) is 0. The number of hydrogen-bond donors (Lipinski definition) is 1. The predicted molar refractivity (Wildman–Crippen MR) is 59.3 cm³/mol. The summed E-state index contributed by atoms with van der Waals surface area (Å²) in [5.74, 6) is 0.537. The first-order valence-electron chi connectivity index (χ1n) is 5.83. The molecule has 0 aromatic rings. The van der Waals surface area contributed by atoms with Gasteiger partial charge in [-0.1, -0.05) is 13.8 Å². The van der Waals surface area contributed by atoms with Crippen molar-refractivity contribution in [2.45, 2.75) is 32.7 Å². The minimum Gasteiger partial charge on any atom is -0.381 e. The Morgan fingerprint density at radius 1 is 1.43 bits per heavy atom. The molecule has 0 saturated carbocycles. The van der Waals surface area contributed by atoms with Crippen molar-refractivity contribution in [1.82, 2.24) is 4.90 Å². The highest BCUT2D eigenvalue weighted by Crippen LogP contribution is 2.14. The third kappa shape index (κ3) is 3.56. The summed E-state index contributed by atoms with van der Waals surface area (Å²) in [6.07, 6.45) is 2.24. The van der Waals surface area contributed by atoms with Crippen molar-refractivity contribution in [2.75, 3.05) is 32.8 Å². The molecule has 14 heavy (non-hydrogen) atoms. The molecule has 2 N–H and O–H groups in total. The van der Waals surface area contributed by atoms with E-state index >= 15 is 0 Å². The van der Waals surface area contributed by atoms with E-state index in [1.54, 1.807) is 0 Å². The van der Waals surface area contributed by atoms with Crippen LogP contribution < -0.4 is 5.73 Å². The third-order valence-corrected chi connectivity index (χ3v) is 3.01. The van der Waals surface area contributed by atoms with E-state index in [0.717, 1.165) is 32.7 Å². The van der Waals surface area contributed by atoms with Gasteiger partial charge in [0.2, 0.25) is 0 Å². The Bertz CT molecular complexity index is 152. The molecule has 0 amide bonds. The molecule has 0 aromatic heterocycles. The Morgan fingerprint density at radius 3 is 2.79 bits per heavy atom. The Balaban J connectivity index is 2.31. The molecule has 0 bridgehead atoms. The van der Waals surface area contributed by atoms with Crippen LogP contribution in [0.4, 0.5) is 0 Å². The zero-order chi connectivity index (χ0) is 10.4. The van der Waals surface area contributed by atoms with Gasteiger partial charge in [0, 0.05) is 25.1 Å². The molecule has 3 heteroatoms. The van der Waals surface area contributed by atoms with Crippen molar-refractivity contribution in [3.05, 3.63) is 0 Å². The molecule has 0 radical (unpaired) electrons. The zero-order valence-corrected chi connectivity index (χ0v) is 9.54. The van der Waals surface area contributed by atoms with Crippen molar-refractivity contribution in [3.8, 4) is 0 Å². The molecule has 0 aromatic carbocycles. The minimum atomic E-state index is 0.342. The lowest BCUT2D eigenvalue weighted by atomic mass is 9.96. The molecule has 1 rings (SSSR count). The van der Waals surface area contributed by atoms with E-state index in [-0.39, 0.29) is 0 Å². The fourth-order valence-electron chi connectivity index (χ4n) is 2.03. The monoisotopic (exact) mass is 200 g/mol. The van der Waals surface area contributed by atoms with Crippen LogP contribution in [-0.2, 0) is 4.74 Å². The zero-order valence-electron chi connectivity index (χ0n) is 9.54. The fourth-order valence-corrected chi connectivity index (χ4v) is 2.03. The van der Waals surface area contributed by atoms with Crippen molar-refractivity contribution in [2.24, 2.45) is 11.7 Å². The van der Waals surface area contributed by atoms with Gasteiger partial charge in [0.1, 0.15) is 0 Å². The molecule has 1 saturated heterocycles. The lowest BCUT2D eigenvalue weighted by Gasteiger charge is -2.33. The summed E-state index contributed by atoms with van der Waals surface area (Å²) in [7, 11) is 0. The van der Waals surface area contributed by atoms with Gasteiger partial charge < -0.3 is 15.4 Å². The second-order valence-electron chi connectivity index (χ2n) is 4.18. The van der Waals surface area contributed by atoms with Crippen LogP contribution in [-0.4, -0.2) is 43.8 Å². The van der Waals surface area contributed by atoms with Gasteiger partial charge in [-0.15, -0.1) is 0 Å². The van der Waals surface area contributed by atoms with Gasteiger partial charge in [0.05, 0.1) is 6.61 Å². The maximum absolute atomic E-state index is 6.07. The van der Waals surface area contributed by atoms with Gasteiger partial charge >= 0.3 is 0 Å². The van der Waals surface area contributed by atoms with E-state index in [0.29, 0.717) is 12.0 Å². The summed E-state index contributed by atoms with van der Waals surface area (Å²) in [5.41, 5.74) is 6.07. The highest BCUT2D eigenvalue weighted by molar-refractivity contribution is 4.78. The first-order chi connectivity index (χ1) is 6.77. The molecule has 1 heterocycles. The Morgan fingerprint density at radius 2 is 2.21 bits per heavy atom. The van der Waals surface area contributed by atoms with E-state index in [2.05, 4.69) is 18.7 Å². The van der Waals surface area contributed by atoms with E-state index in [1.165, 1.54) is 13.0 Å². The van der Waals surface area contributed by atoms with Gasteiger partial charge in [-0.2, -0.15) is 0 Å². The molecule has 3 nitrogen and oxygen atoms in total. The maximum atomic E-state index is 6.07. The number of nitrogens with zero attached hydrogens (tertiary/aromatic N) is 1. The van der Waals surface area contributed by atoms with E-state index < -0.39 is 0 Å². The van der Waals surface area contributed by atoms with Crippen LogP contribution in [0.3, 0.4) is 0 Å². The lowest BCUT2D eigenvalue weighted by Crippen LogP contribution is -2.45. The Labute approximate surface area is 87.6 Å². The van der Waals surface area contributed by atoms with Gasteiger partial charge in [0.15, 0.2) is 0 Å². The quantitative estimate of drug-likeness (QED) is 0.722. The standard InChI is InChI=1S/C11H24N2O/c1-3-6-13(4-2)8-10-9-14-7-5-11(10)12/h10-11H,3-9,12H2,1-2H3. The number of nitrogens with two attached hydrogens (primary N) is 1. The second kappa shape index (κ2) is 6.38. The van der Waals surface area contributed by atoms with Gasteiger partial charge in [-0.05, 0) is 25.9 Å². The topological polar surface area (TPSA) is 38.5 Å². The van der Waals surface area contributed by atoms with Crippen LogP contribution in [0, 0.1) is 5.92 Å². The average Bonchev–Trinajstić information content (AvgIpc) is 2.20. The predicted octanol–water partition coefficient (Wildman–Crippen LogP) is 1.08. The summed E-state index contributed by atoms with van der Waals surface area (Å²) >= 11 is 0. The highest BCUT2D eigenvalue weighted by atomic mass is 16.5. The van der Waals surface area contributed by atoms with E-state index in [4.69, 9.17) is 10.5 Å². The maximum Gasteiger partial charge on any atom is 0.0521 e. The van der Waals surface area contributed by atoms with Gasteiger partial charge in [0.25, 0.3) is 0 Å². The van der Waals surface area contributed by atoms with Crippen LogP contribution in [0.5, 0.6) is 0 Å². The summed E-state index contributed by atoms with van der Waals surface area (Å²) in [6.45, 7) is 9.53. The van der Waals surface area contributed by atoms with Crippen LogP contribution in [0.2, 0.25) is 0 Å². The van der Waals surface area contributed by atoms with Crippen molar-refractivity contribution in [1.29, 1.82) is 0 Å². The van der Waals surface area contributed by atoms with Gasteiger partial charge in [-0.3, -0.25) is 0 Å². The molecule has 1 fully saturated rings. The fraction of sp³-hybridized carbons (Fsp3) is 1.00. The lowest BCUT2D eigenvalue weighted by molar-refractivity contribution is 0.0268. The van der Waals surface area contributed by atoms with Crippen LogP contribution in [0.1, 0.15) is 26.7 Å². The number of rotatable bonds is 5. The first-order valence-corrected chi connectivity index (χ1v) is 5.83. The second-order valence-corrected chi connectivity index (χ2v) is 4.18. The third-order valence-electron chi connectivity index (χ3n) is 3.01. The normalized spacial score (nSPS) is 28.3. The molecule has 0 aliphatic carbocycles. The summed E-state index contributed by atoms with van der Waals surface area (Å²) in [6, 6.07) is 0.342. The van der Waals surface area contributed by atoms with Crippen molar-refractivity contribution >= 4 is 0 Å². The van der Waals surface area contributed by atoms with E-state index in [9.17, 15) is 0 Å². The van der Waals surface area contributed by atoms with Crippen LogP contribution in [0.25, 0.3) is 0 Å². The minimum absolute atomic E-state index is 0.342. The highest BCUT2D eigenvalue weighted by Gasteiger charge is 2.23. The van der Waals surface area contributed by atoms with Crippen molar-refractivity contribution in [3.63, 3.8) is 0 Å². The average molecular weight is 200 g/mol. The summed E-state index contributed by atoms with van der Waals surface area (Å²) in [4.78, 5) is 2.47.